The number of benzene rings is 1. The van der Waals surface area contributed by atoms with Crippen molar-refractivity contribution in [2.75, 3.05) is 0 Å². The standard InChI is InChI=1S/C10H12O2S/c1-7(5-11)10-4-9(13)3-2-8(10)6-12/h2-5,7,12-13H,6H2,1H3. The minimum atomic E-state index is -0.186. The monoisotopic (exact) mass is 196 g/mol. The molecule has 0 aliphatic rings. The van der Waals surface area contributed by atoms with Gasteiger partial charge in [-0.2, -0.15) is 0 Å². The van der Waals surface area contributed by atoms with Crippen LogP contribution in [0.2, 0.25) is 0 Å². The molecule has 1 aromatic carbocycles. The quantitative estimate of drug-likeness (QED) is 0.571. The minimum absolute atomic E-state index is 0.0401. The summed E-state index contributed by atoms with van der Waals surface area (Å²) in [5.74, 6) is -0.186. The average Bonchev–Trinajstić information content (AvgIpc) is 2.16. The van der Waals surface area contributed by atoms with E-state index < -0.39 is 0 Å². The molecule has 0 fully saturated rings. The molecule has 0 heterocycles. The molecule has 1 aromatic rings. The number of rotatable bonds is 3. The first-order valence-electron chi connectivity index (χ1n) is 4.07. The van der Waals surface area contributed by atoms with Crippen LogP contribution in [0, 0.1) is 0 Å². The predicted octanol–water partition coefficient (Wildman–Crippen LogP) is 1.77. The van der Waals surface area contributed by atoms with E-state index in [1.165, 1.54) is 0 Å². The summed E-state index contributed by atoms with van der Waals surface area (Å²) in [5.41, 5.74) is 1.64. The lowest BCUT2D eigenvalue weighted by atomic mass is 9.97. The van der Waals surface area contributed by atoms with Gasteiger partial charge in [0.2, 0.25) is 0 Å². The zero-order chi connectivity index (χ0) is 9.84. The van der Waals surface area contributed by atoms with Crippen molar-refractivity contribution < 1.29 is 9.90 Å². The van der Waals surface area contributed by atoms with Crippen molar-refractivity contribution in [3.05, 3.63) is 29.3 Å². The second-order valence-electron chi connectivity index (χ2n) is 2.97. The van der Waals surface area contributed by atoms with Crippen molar-refractivity contribution in [2.45, 2.75) is 24.3 Å². The fourth-order valence-corrected chi connectivity index (χ4v) is 1.44. The van der Waals surface area contributed by atoms with Crippen molar-refractivity contribution in [3.8, 4) is 0 Å². The Morgan fingerprint density at radius 2 is 2.31 bits per heavy atom. The van der Waals surface area contributed by atoms with Gasteiger partial charge in [-0.3, -0.25) is 0 Å². The Morgan fingerprint density at radius 1 is 1.62 bits per heavy atom. The molecule has 0 aliphatic heterocycles. The Kier molecular flexibility index (Phi) is 3.51. The minimum Gasteiger partial charge on any atom is -0.392 e. The number of aliphatic hydroxyl groups is 1. The Morgan fingerprint density at radius 3 is 2.85 bits per heavy atom. The molecular weight excluding hydrogens is 184 g/mol. The van der Waals surface area contributed by atoms with Gasteiger partial charge in [0.25, 0.3) is 0 Å². The van der Waals surface area contributed by atoms with Gasteiger partial charge in [0.15, 0.2) is 0 Å². The molecule has 0 spiro atoms. The first kappa shape index (κ1) is 10.3. The Hall–Kier alpha value is -0.800. The molecule has 0 aliphatic carbocycles. The zero-order valence-corrected chi connectivity index (χ0v) is 8.29. The highest BCUT2D eigenvalue weighted by atomic mass is 32.1. The van der Waals surface area contributed by atoms with Crippen LogP contribution < -0.4 is 0 Å². The summed E-state index contributed by atoms with van der Waals surface area (Å²) in [7, 11) is 0. The van der Waals surface area contributed by atoms with E-state index in [1.807, 2.05) is 6.07 Å². The summed E-state index contributed by atoms with van der Waals surface area (Å²) in [5, 5.41) is 9.01. The number of hydrogen-bond donors (Lipinski definition) is 2. The zero-order valence-electron chi connectivity index (χ0n) is 7.40. The van der Waals surface area contributed by atoms with E-state index in [0.717, 1.165) is 22.3 Å². The summed E-state index contributed by atoms with van der Waals surface area (Å²) in [4.78, 5) is 11.4. The number of thiol groups is 1. The number of carbonyl (C=O) groups excluding carboxylic acids is 1. The van der Waals surface area contributed by atoms with Crippen LogP contribution in [-0.4, -0.2) is 11.4 Å². The Labute approximate surface area is 83.0 Å². The molecule has 3 heteroatoms. The molecule has 0 saturated heterocycles. The molecule has 1 atom stereocenters. The lowest BCUT2D eigenvalue weighted by molar-refractivity contribution is -0.108. The second-order valence-corrected chi connectivity index (χ2v) is 3.48. The van der Waals surface area contributed by atoms with Crippen LogP contribution in [0.5, 0.6) is 0 Å². The Bertz CT molecular complexity index is 310. The maximum absolute atomic E-state index is 10.6. The fraction of sp³-hybridized carbons (Fsp3) is 0.300. The molecule has 2 nitrogen and oxygen atoms in total. The van der Waals surface area contributed by atoms with Gasteiger partial charge in [-0.15, -0.1) is 12.6 Å². The second kappa shape index (κ2) is 4.44. The molecule has 0 aromatic heterocycles. The van der Waals surface area contributed by atoms with Crippen LogP contribution in [0.15, 0.2) is 23.1 Å². The SMILES string of the molecule is CC(C=O)c1cc(S)ccc1CO. The van der Waals surface area contributed by atoms with Crippen molar-refractivity contribution in [1.29, 1.82) is 0 Å². The molecule has 0 saturated carbocycles. The maximum atomic E-state index is 10.6. The first-order chi connectivity index (χ1) is 6.19. The van der Waals surface area contributed by atoms with Crippen molar-refractivity contribution in [1.82, 2.24) is 0 Å². The topological polar surface area (TPSA) is 37.3 Å². The molecule has 13 heavy (non-hydrogen) atoms. The molecule has 70 valence electrons. The summed E-state index contributed by atoms with van der Waals surface area (Å²) in [6.07, 6.45) is 0.863. The number of aldehydes is 1. The van der Waals surface area contributed by atoms with Crippen LogP contribution in [-0.2, 0) is 11.4 Å². The molecule has 1 rings (SSSR count). The number of carbonyl (C=O) groups is 1. The third kappa shape index (κ3) is 2.32. The van der Waals surface area contributed by atoms with Crippen LogP contribution in [0.4, 0.5) is 0 Å². The number of hydrogen-bond acceptors (Lipinski definition) is 3. The van der Waals surface area contributed by atoms with E-state index >= 15 is 0 Å². The highest BCUT2D eigenvalue weighted by Gasteiger charge is 2.08. The summed E-state index contributed by atoms with van der Waals surface area (Å²) in [6, 6.07) is 5.40. The van der Waals surface area contributed by atoms with Crippen LogP contribution in [0.3, 0.4) is 0 Å². The maximum Gasteiger partial charge on any atom is 0.127 e. The molecule has 1 unspecified atom stereocenters. The molecule has 1 N–H and O–H groups in total. The van der Waals surface area contributed by atoms with Crippen molar-refractivity contribution >= 4 is 18.9 Å². The van der Waals surface area contributed by atoms with Gasteiger partial charge in [-0.25, -0.2) is 0 Å². The predicted molar refractivity (Wildman–Crippen MR) is 54.1 cm³/mol. The summed E-state index contributed by atoms with van der Waals surface area (Å²) < 4.78 is 0. The van der Waals surface area contributed by atoms with Gasteiger partial charge < -0.3 is 9.90 Å². The highest BCUT2D eigenvalue weighted by Crippen LogP contribution is 2.21. The van der Waals surface area contributed by atoms with Gasteiger partial charge in [0.1, 0.15) is 6.29 Å². The molecule has 0 amide bonds. The van der Waals surface area contributed by atoms with Crippen LogP contribution in [0.25, 0.3) is 0 Å². The fourth-order valence-electron chi connectivity index (χ4n) is 1.22. The van der Waals surface area contributed by atoms with Gasteiger partial charge in [-0.05, 0) is 23.3 Å². The normalized spacial score (nSPS) is 12.5. The van der Waals surface area contributed by atoms with E-state index in [2.05, 4.69) is 12.6 Å². The van der Waals surface area contributed by atoms with Crippen LogP contribution in [0.1, 0.15) is 24.0 Å². The van der Waals surface area contributed by atoms with Gasteiger partial charge >= 0.3 is 0 Å². The smallest absolute Gasteiger partial charge is 0.127 e. The average molecular weight is 196 g/mol. The van der Waals surface area contributed by atoms with E-state index in [0.29, 0.717) is 0 Å². The van der Waals surface area contributed by atoms with Crippen molar-refractivity contribution in [3.63, 3.8) is 0 Å². The van der Waals surface area contributed by atoms with E-state index in [1.54, 1.807) is 19.1 Å². The lowest BCUT2D eigenvalue weighted by Gasteiger charge is -2.10. The van der Waals surface area contributed by atoms with Crippen molar-refractivity contribution in [2.24, 2.45) is 0 Å². The van der Waals surface area contributed by atoms with Gasteiger partial charge in [-0.1, -0.05) is 13.0 Å². The third-order valence-corrected chi connectivity index (χ3v) is 2.27. The van der Waals surface area contributed by atoms with E-state index in [9.17, 15) is 4.79 Å². The molecule has 0 radical (unpaired) electrons. The van der Waals surface area contributed by atoms with Gasteiger partial charge in [0.05, 0.1) is 6.61 Å². The summed E-state index contributed by atoms with van der Waals surface area (Å²) in [6.45, 7) is 1.76. The largest absolute Gasteiger partial charge is 0.392 e. The first-order valence-corrected chi connectivity index (χ1v) is 4.51. The highest BCUT2D eigenvalue weighted by molar-refractivity contribution is 7.80. The lowest BCUT2D eigenvalue weighted by Crippen LogP contribution is -2.00. The van der Waals surface area contributed by atoms with E-state index in [-0.39, 0.29) is 12.5 Å². The van der Waals surface area contributed by atoms with Crippen LogP contribution >= 0.6 is 12.6 Å². The number of aliphatic hydroxyl groups excluding tert-OH is 1. The summed E-state index contributed by atoms with van der Waals surface area (Å²) >= 11 is 4.18. The van der Waals surface area contributed by atoms with Gasteiger partial charge in [0, 0.05) is 10.8 Å². The molecule has 0 bridgehead atoms. The Balaban J connectivity index is 3.14. The molecular formula is C10H12O2S. The third-order valence-electron chi connectivity index (χ3n) is 1.99. The van der Waals surface area contributed by atoms with E-state index in [4.69, 9.17) is 5.11 Å².